The Hall–Kier alpha value is -5.97. The second-order valence-electron chi connectivity index (χ2n) is 12.7. The average Bonchev–Trinajstić information content (AvgIpc) is 3.49. The van der Waals surface area contributed by atoms with Gasteiger partial charge in [-0.2, -0.15) is 0 Å². The lowest BCUT2D eigenvalue weighted by Crippen LogP contribution is -2.30. The second-order valence-corrected chi connectivity index (χ2v) is 12.7. The summed E-state index contributed by atoms with van der Waals surface area (Å²) < 4.78 is 11.1. The Morgan fingerprint density at radius 3 is 1.62 bits per heavy atom. The zero-order valence-corrected chi connectivity index (χ0v) is 30.2. The first-order valence-electron chi connectivity index (χ1n) is 18.0. The van der Waals surface area contributed by atoms with Crippen molar-refractivity contribution >= 4 is 45.3 Å². The molecule has 53 heavy (non-hydrogen) atoms. The predicted molar refractivity (Wildman–Crippen MR) is 203 cm³/mol. The van der Waals surface area contributed by atoms with E-state index in [1.807, 2.05) is 13.8 Å². The summed E-state index contributed by atoms with van der Waals surface area (Å²) in [5.74, 6) is -2.62. The summed E-state index contributed by atoms with van der Waals surface area (Å²) in [6.07, 6.45) is 9.23. The molecule has 3 aromatic carbocycles. The fraction of sp³-hybridized carbons (Fsp3) is 0.310. The Kier molecular flexibility index (Phi) is 12.6. The van der Waals surface area contributed by atoms with E-state index in [1.165, 1.54) is 22.0 Å². The Balaban J connectivity index is 0.00000266. The minimum absolute atomic E-state index is 0.0755. The molecular formula is C42H44N2O9. The lowest BCUT2D eigenvalue weighted by molar-refractivity contribution is -0.136. The van der Waals surface area contributed by atoms with Gasteiger partial charge in [-0.3, -0.25) is 19.3 Å². The molecule has 2 aromatic heterocycles. The third-order valence-electron chi connectivity index (χ3n) is 9.38. The van der Waals surface area contributed by atoms with Gasteiger partial charge in [-0.25, -0.2) is 9.59 Å². The van der Waals surface area contributed by atoms with Gasteiger partial charge in [0.1, 0.15) is 22.7 Å². The van der Waals surface area contributed by atoms with Crippen LogP contribution in [-0.2, 0) is 14.4 Å². The van der Waals surface area contributed by atoms with Crippen LogP contribution in [0.2, 0.25) is 0 Å². The zero-order valence-electron chi connectivity index (χ0n) is 30.2. The van der Waals surface area contributed by atoms with Crippen molar-refractivity contribution in [2.75, 3.05) is 18.5 Å². The highest BCUT2D eigenvalue weighted by molar-refractivity contribution is 6.12. The van der Waals surface area contributed by atoms with Crippen molar-refractivity contribution in [3.05, 3.63) is 122 Å². The molecule has 0 atom stereocenters. The van der Waals surface area contributed by atoms with Crippen molar-refractivity contribution in [3.8, 4) is 11.5 Å². The van der Waals surface area contributed by atoms with E-state index in [2.05, 4.69) is 0 Å². The molecule has 0 aliphatic carbocycles. The highest BCUT2D eigenvalue weighted by Crippen LogP contribution is 2.42. The number of hydrogen-bond acceptors (Lipinski definition) is 9. The molecule has 0 saturated carbocycles. The van der Waals surface area contributed by atoms with Gasteiger partial charge in [-0.15, -0.1) is 0 Å². The molecule has 3 heterocycles. The number of unbranched alkanes of at least 4 members (excludes halogenated alkanes) is 6. The van der Waals surface area contributed by atoms with E-state index in [0.717, 1.165) is 44.9 Å². The molecule has 5 aromatic rings. The van der Waals surface area contributed by atoms with Crippen molar-refractivity contribution in [1.29, 1.82) is 0 Å². The second kappa shape index (κ2) is 17.5. The zero-order chi connectivity index (χ0) is 38.1. The summed E-state index contributed by atoms with van der Waals surface area (Å²) >= 11 is 0. The topological polar surface area (TPSA) is 159 Å². The monoisotopic (exact) mass is 720 g/mol. The summed E-state index contributed by atoms with van der Waals surface area (Å²) in [7, 11) is 1.67. The van der Waals surface area contributed by atoms with Gasteiger partial charge in [0.15, 0.2) is 0 Å². The Morgan fingerprint density at radius 2 is 1.11 bits per heavy atom. The van der Waals surface area contributed by atoms with Crippen LogP contribution in [-0.4, -0.2) is 46.4 Å². The Bertz CT molecular complexity index is 2130. The van der Waals surface area contributed by atoms with Crippen LogP contribution >= 0.6 is 0 Å². The Morgan fingerprint density at radius 1 is 0.660 bits per heavy atom. The number of amides is 3. The van der Waals surface area contributed by atoms with Crippen LogP contribution in [0, 0.1) is 0 Å². The number of carbonyl (C=O) groups excluding carboxylic acids is 3. The van der Waals surface area contributed by atoms with Gasteiger partial charge < -0.3 is 23.9 Å². The first-order valence-corrected chi connectivity index (χ1v) is 18.0. The lowest BCUT2D eigenvalue weighted by Gasteiger charge is -2.22. The molecule has 2 N–H and O–H groups in total. The third kappa shape index (κ3) is 8.41. The van der Waals surface area contributed by atoms with Gasteiger partial charge in [0.25, 0.3) is 11.8 Å². The van der Waals surface area contributed by atoms with Gasteiger partial charge >= 0.3 is 11.3 Å². The molecule has 0 radical (unpaired) electrons. The molecule has 1 aliphatic rings. The highest BCUT2D eigenvalue weighted by atomic mass is 16.4. The molecule has 0 fully saturated rings. The van der Waals surface area contributed by atoms with Crippen molar-refractivity contribution < 1.29 is 33.4 Å². The van der Waals surface area contributed by atoms with Gasteiger partial charge in [0.05, 0.1) is 27.8 Å². The maximum atomic E-state index is 13.5. The van der Waals surface area contributed by atoms with Crippen LogP contribution in [0.1, 0.15) is 87.8 Å². The maximum absolute atomic E-state index is 13.5. The van der Waals surface area contributed by atoms with Gasteiger partial charge in [-0.05, 0) is 54.8 Å². The Labute approximate surface area is 306 Å². The molecule has 0 bridgehead atoms. The fourth-order valence-electron chi connectivity index (χ4n) is 6.57. The quantitative estimate of drug-likeness (QED) is 0.0672. The molecule has 1 aliphatic heterocycles. The van der Waals surface area contributed by atoms with Crippen molar-refractivity contribution in [1.82, 2.24) is 4.90 Å². The number of benzene rings is 3. The maximum Gasteiger partial charge on any atom is 0.344 e. The third-order valence-corrected chi connectivity index (χ3v) is 9.38. The van der Waals surface area contributed by atoms with Gasteiger partial charge in [0.2, 0.25) is 5.91 Å². The molecule has 0 unspecified atom stereocenters. The summed E-state index contributed by atoms with van der Waals surface area (Å²) in [5, 5.41) is 23.3. The molecular weight excluding hydrogens is 676 g/mol. The van der Waals surface area contributed by atoms with Crippen molar-refractivity contribution in [3.63, 3.8) is 0 Å². The number of imide groups is 1. The van der Waals surface area contributed by atoms with Crippen LogP contribution in [0.4, 0.5) is 5.69 Å². The number of hydrogen-bond donors (Lipinski definition) is 2. The van der Waals surface area contributed by atoms with E-state index in [4.69, 9.17) is 8.83 Å². The van der Waals surface area contributed by atoms with Crippen LogP contribution in [0.15, 0.2) is 103 Å². The van der Waals surface area contributed by atoms with Crippen molar-refractivity contribution in [2.45, 2.75) is 71.1 Å². The number of anilines is 1. The number of carbonyl (C=O) groups is 3. The van der Waals surface area contributed by atoms with Crippen molar-refractivity contribution in [2.24, 2.45) is 0 Å². The van der Waals surface area contributed by atoms with Crippen LogP contribution < -0.4 is 16.2 Å². The molecule has 0 spiro atoms. The van der Waals surface area contributed by atoms with Gasteiger partial charge in [-0.1, -0.05) is 82.3 Å². The van der Waals surface area contributed by atoms with Gasteiger partial charge in [0, 0.05) is 37.9 Å². The SMILES string of the molecule is CC.CN(C(=O)CCCCCCCCCN1C(=O)C=CC1=O)c1ccc(C(c2c(O)c3ccccc3oc2=O)c2c(O)c3ccccc3oc2=O)cc1. The molecule has 276 valence electrons. The van der Waals surface area contributed by atoms with Crippen LogP contribution in [0.25, 0.3) is 21.9 Å². The normalized spacial score (nSPS) is 12.5. The summed E-state index contributed by atoms with van der Waals surface area (Å²) in [6, 6.07) is 19.6. The minimum atomic E-state index is -1.27. The van der Waals surface area contributed by atoms with Crippen LogP contribution in [0.5, 0.6) is 11.5 Å². The standard InChI is InChI=1S/C40H38N2O9.C2H6/c1-41(31(43)17-7-5-3-2-4-6-12-24-42-32(44)22-23-33(42)45)26-20-18-25(19-21-26)34(35-37(46)27-13-8-10-15-29(27)50-39(35)48)36-38(47)28-14-9-11-16-30(28)51-40(36)49;1-2/h8-11,13-16,18-23,34,46-47H,2-7,12,17,24H2,1H3;1-2H3. The number of aromatic hydroxyl groups is 2. The largest absolute Gasteiger partial charge is 0.507 e. The fourth-order valence-corrected chi connectivity index (χ4v) is 6.57. The van der Waals surface area contributed by atoms with E-state index in [9.17, 15) is 34.2 Å². The number of fused-ring (bicyclic) bond motifs is 2. The van der Waals surface area contributed by atoms with E-state index in [1.54, 1.807) is 79.8 Å². The number of nitrogens with zero attached hydrogens (tertiary/aromatic N) is 2. The average molecular weight is 721 g/mol. The first-order chi connectivity index (χ1) is 25.7. The molecule has 0 saturated heterocycles. The van der Waals surface area contributed by atoms with E-state index < -0.39 is 17.2 Å². The molecule has 11 nitrogen and oxygen atoms in total. The van der Waals surface area contributed by atoms with E-state index in [0.29, 0.717) is 24.2 Å². The minimum Gasteiger partial charge on any atom is -0.507 e. The smallest absolute Gasteiger partial charge is 0.344 e. The molecule has 11 heteroatoms. The molecule has 6 rings (SSSR count). The van der Waals surface area contributed by atoms with E-state index >= 15 is 0 Å². The van der Waals surface area contributed by atoms with Crippen LogP contribution in [0.3, 0.4) is 0 Å². The summed E-state index contributed by atoms with van der Waals surface area (Å²) in [4.78, 5) is 66.0. The first kappa shape index (κ1) is 38.3. The number of para-hydroxylation sites is 2. The highest BCUT2D eigenvalue weighted by Gasteiger charge is 2.32. The lowest BCUT2D eigenvalue weighted by atomic mass is 9.84. The molecule has 3 amide bonds. The van der Waals surface area contributed by atoms with E-state index in [-0.39, 0.29) is 62.3 Å². The number of rotatable bonds is 14. The predicted octanol–water partition coefficient (Wildman–Crippen LogP) is 7.53. The summed E-state index contributed by atoms with van der Waals surface area (Å²) in [6.45, 7) is 4.44. The summed E-state index contributed by atoms with van der Waals surface area (Å²) in [5.41, 5.74) is -0.954.